The highest BCUT2D eigenvalue weighted by molar-refractivity contribution is 7.89. The van der Waals surface area contributed by atoms with E-state index in [-0.39, 0.29) is 24.1 Å². The third kappa shape index (κ3) is 5.58. The second-order valence-corrected chi connectivity index (χ2v) is 10.2. The molecule has 2 heterocycles. The summed E-state index contributed by atoms with van der Waals surface area (Å²) in [6.45, 7) is 3.16. The molecule has 1 aliphatic rings. The van der Waals surface area contributed by atoms with Crippen molar-refractivity contribution in [3.63, 3.8) is 0 Å². The first kappa shape index (κ1) is 22.7. The normalized spacial score (nSPS) is 15.0. The van der Waals surface area contributed by atoms with Crippen LogP contribution in [0.2, 0.25) is 5.02 Å². The van der Waals surface area contributed by atoms with Gasteiger partial charge < -0.3 is 15.4 Å². The molecule has 8 nitrogen and oxygen atoms in total. The zero-order chi connectivity index (χ0) is 21.7. The van der Waals surface area contributed by atoms with Crippen molar-refractivity contribution in [2.24, 2.45) is 0 Å². The molecule has 162 valence electrons. The molecule has 1 aromatic carbocycles. The molecule has 11 heteroatoms. The molecule has 0 unspecified atom stereocenters. The fourth-order valence-corrected chi connectivity index (χ4v) is 5.45. The molecule has 2 N–H and O–H groups in total. The molecule has 1 aliphatic heterocycles. The van der Waals surface area contributed by atoms with Crippen LogP contribution in [-0.2, 0) is 14.8 Å². The van der Waals surface area contributed by atoms with Crippen molar-refractivity contribution in [1.29, 1.82) is 0 Å². The van der Waals surface area contributed by atoms with E-state index in [0.717, 1.165) is 11.3 Å². The van der Waals surface area contributed by atoms with E-state index in [1.165, 1.54) is 4.31 Å². The van der Waals surface area contributed by atoms with Crippen LogP contribution in [0.15, 0.2) is 30.3 Å². The van der Waals surface area contributed by atoms with E-state index in [2.05, 4.69) is 10.6 Å². The predicted octanol–water partition coefficient (Wildman–Crippen LogP) is 2.35. The zero-order valence-corrected chi connectivity index (χ0v) is 18.7. The van der Waals surface area contributed by atoms with E-state index >= 15 is 0 Å². The van der Waals surface area contributed by atoms with E-state index in [9.17, 15) is 18.0 Å². The minimum Gasteiger partial charge on any atom is -0.379 e. The molecule has 0 bridgehead atoms. The highest BCUT2D eigenvalue weighted by Gasteiger charge is 2.24. The smallest absolute Gasteiger partial charge is 0.261 e. The summed E-state index contributed by atoms with van der Waals surface area (Å²) in [7, 11) is -3.44. The summed E-state index contributed by atoms with van der Waals surface area (Å²) in [6, 6.07) is 8.37. The van der Waals surface area contributed by atoms with Gasteiger partial charge in [0.1, 0.15) is 0 Å². The van der Waals surface area contributed by atoms with Crippen molar-refractivity contribution in [2.45, 2.75) is 6.92 Å². The second-order valence-electron chi connectivity index (χ2n) is 6.64. The fraction of sp³-hybridized carbons (Fsp3) is 0.368. The number of carbonyl (C=O) groups is 2. The number of hydrogen-bond donors (Lipinski definition) is 2. The van der Waals surface area contributed by atoms with Gasteiger partial charge in [-0.3, -0.25) is 9.59 Å². The molecular formula is C19H22ClN3O5S2. The van der Waals surface area contributed by atoms with E-state index in [4.69, 9.17) is 16.3 Å². The highest BCUT2D eigenvalue weighted by Crippen LogP contribution is 2.27. The molecule has 0 aliphatic carbocycles. The lowest BCUT2D eigenvalue weighted by Crippen LogP contribution is -2.43. The van der Waals surface area contributed by atoms with E-state index in [0.29, 0.717) is 52.3 Å². The molecule has 1 saturated heterocycles. The minimum absolute atomic E-state index is 0.00280. The Labute approximate surface area is 184 Å². The van der Waals surface area contributed by atoms with E-state index in [1.807, 2.05) is 0 Å². The van der Waals surface area contributed by atoms with Crippen molar-refractivity contribution >= 4 is 49.8 Å². The molecular weight excluding hydrogens is 450 g/mol. The van der Waals surface area contributed by atoms with Gasteiger partial charge in [-0.1, -0.05) is 23.7 Å². The van der Waals surface area contributed by atoms with Gasteiger partial charge in [-0.2, -0.15) is 4.31 Å². The number of ether oxygens (including phenoxy) is 1. The maximum absolute atomic E-state index is 12.5. The van der Waals surface area contributed by atoms with Crippen molar-refractivity contribution < 1.29 is 22.7 Å². The predicted molar refractivity (Wildman–Crippen MR) is 117 cm³/mol. The van der Waals surface area contributed by atoms with Gasteiger partial charge in [-0.05, 0) is 30.7 Å². The minimum atomic E-state index is -3.44. The summed E-state index contributed by atoms with van der Waals surface area (Å²) in [6.07, 6.45) is 0. The van der Waals surface area contributed by atoms with E-state index < -0.39 is 10.0 Å². The third-order valence-electron chi connectivity index (χ3n) is 4.49. The molecule has 0 radical (unpaired) electrons. The van der Waals surface area contributed by atoms with Crippen LogP contribution in [-0.4, -0.2) is 63.1 Å². The van der Waals surface area contributed by atoms with Gasteiger partial charge in [0.2, 0.25) is 10.0 Å². The van der Waals surface area contributed by atoms with Crippen molar-refractivity contribution in [3.8, 4) is 0 Å². The fourth-order valence-electron chi connectivity index (χ4n) is 2.92. The van der Waals surface area contributed by atoms with Crippen LogP contribution < -0.4 is 10.6 Å². The van der Waals surface area contributed by atoms with Gasteiger partial charge in [0.25, 0.3) is 11.8 Å². The number of hydrogen-bond acceptors (Lipinski definition) is 6. The summed E-state index contributed by atoms with van der Waals surface area (Å²) in [5, 5.41) is 6.22. The largest absolute Gasteiger partial charge is 0.379 e. The molecule has 2 amide bonds. The number of rotatable bonds is 7. The number of nitrogens with one attached hydrogen (secondary N) is 2. The molecule has 30 heavy (non-hydrogen) atoms. The Kier molecular flexibility index (Phi) is 7.48. The van der Waals surface area contributed by atoms with Gasteiger partial charge >= 0.3 is 0 Å². The number of sulfonamides is 1. The Bertz CT molecular complexity index is 1030. The van der Waals surface area contributed by atoms with Crippen LogP contribution >= 0.6 is 22.9 Å². The number of aryl methyl sites for hydroxylation is 1. The van der Waals surface area contributed by atoms with Crippen LogP contribution in [0.3, 0.4) is 0 Å². The van der Waals surface area contributed by atoms with Gasteiger partial charge in [-0.25, -0.2) is 8.42 Å². The van der Waals surface area contributed by atoms with Crippen LogP contribution in [0.4, 0.5) is 5.00 Å². The van der Waals surface area contributed by atoms with Crippen molar-refractivity contribution in [2.75, 3.05) is 43.9 Å². The van der Waals surface area contributed by atoms with E-state index in [1.54, 1.807) is 37.3 Å². The summed E-state index contributed by atoms with van der Waals surface area (Å²) in [5.74, 6) is -0.933. The second kappa shape index (κ2) is 9.88. The average Bonchev–Trinajstić information content (AvgIpc) is 3.08. The topological polar surface area (TPSA) is 105 Å². The first-order chi connectivity index (χ1) is 14.3. The van der Waals surface area contributed by atoms with Crippen LogP contribution in [0, 0.1) is 6.92 Å². The molecule has 1 aromatic heterocycles. The number of benzene rings is 1. The lowest BCUT2D eigenvalue weighted by atomic mass is 10.2. The van der Waals surface area contributed by atoms with Crippen LogP contribution in [0.25, 0.3) is 0 Å². The monoisotopic (exact) mass is 471 g/mol. The lowest BCUT2D eigenvalue weighted by molar-refractivity contribution is 0.0730. The number of anilines is 1. The number of carbonyl (C=O) groups excluding carboxylic acids is 2. The average molecular weight is 472 g/mol. The number of thiophene rings is 1. The number of amides is 2. The summed E-state index contributed by atoms with van der Waals surface area (Å²) in [5.41, 5.74) is 1.02. The SMILES string of the molecule is Cc1cc(NC(=O)c2ccccc2Cl)sc1C(=O)NCCS(=O)(=O)N1CCOCC1. The maximum Gasteiger partial charge on any atom is 0.261 e. The highest BCUT2D eigenvalue weighted by atomic mass is 35.5. The Morgan fingerprint density at radius 1 is 1.20 bits per heavy atom. The van der Waals surface area contributed by atoms with Crippen molar-refractivity contribution in [3.05, 3.63) is 51.4 Å². The number of halogens is 1. The van der Waals surface area contributed by atoms with Gasteiger partial charge in [0.05, 0.1) is 39.4 Å². The quantitative estimate of drug-likeness (QED) is 0.645. The molecule has 1 fully saturated rings. The Morgan fingerprint density at radius 2 is 1.90 bits per heavy atom. The Balaban J connectivity index is 1.57. The van der Waals surface area contributed by atoms with Gasteiger partial charge in [0, 0.05) is 19.6 Å². The van der Waals surface area contributed by atoms with Gasteiger partial charge in [-0.15, -0.1) is 11.3 Å². The summed E-state index contributed by atoms with van der Waals surface area (Å²) < 4.78 is 31.2. The Hall–Kier alpha value is -1.98. The van der Waals surface area contributed by atoms with Crippen molar-refractivity contribution in [1.82, 2.24) is 9.62 Å². The van der Waals surface area contributed by atoms with Crippen LogP contribution in [0.5, 0.6) is 0 Å². The van der Waals surface area contributed by atoms with Crippen LogP contribution in [0.1, 0.15) is 25.6 Å². The molecule has 0 saturated carbocycles. The standard InChI is InChI=1S/C19H22ClN3O5S2/c1-13-12-16(22-18(24)14-4-2-3-5-15(14)20)29-17(13)19(25)21-6-11-30(26,27)23-7-9-28-10-8-23/h2-5,12H,6-11H2,1H3,(H,21,25)(H,22,24). The number of morpholine rings is 1. The summed E-state index contributed by atoms with van der Waals surface area (Å²) in [4.78, 5) is 25.3. The molecule has 0 spiro atoms. The lowest BCUT2D eigenvalue weighted by Gasteiger charge is -2.26. The molecule has 3 rings (SSSR count). The Morgan fingerprint density at radius 3 is 2.60 bits per heavy atom. The third-order valence-corrected chi connectivity index (χ3v) is 7.84. The van der Waals surface area contributed by atoms with Gasteiger partial charge in [0.15, 0.2) is 0 Å². The maximum atomic E-state index is 12.5. The zero-order valence-electron chi connectivity index (χ0n) is 16.3. The molecule has 2 aromatic rings. The molecule has 0 atom stereocenters. The number of nitrogens with zero attached hydrogens (tertiary/aromatic N) is 1. The first-order valence-corrected chi connectivity index (χ1v) is 12.1. The first-order valence-electron chi connectivity index (χ1n) is 9.28. The summed E-state index contributed by atoms with van der Waals surface area (Å²) >= 11 is 7.16.